The highest BCUT2D eigenvalue weighted by Crippen LogP contribution is 2.39. The molecule has 5 nitrogen and oxygen atoms in total. The zero-order valence-electron chi connectivity index (χ0n) is 13.7. The fourth-order valence-electron chi connectivity index (χ4n) is 3.03. The summed E-state index contributed by atoms with van der Waals surface area (Å²) in [6.45, 7) is 2.70. The molecule has 1 amide bonds. The molecule has 0 radical (unpaired) electrons. The molecule has 0 unspecified atom stereocenters. The maximum Gasteiger partial charge on any atom is 0.416 e. The van der Waals surface area contributed by atoms with Crippen molar-refractivity contribution in [1.29, 1.82) is 0 Å². The van der Waals surface area contributed by atoms with E-state index in [1.165, 1.54) is 0 Å². The van der Waals surface area contributed by atoms with Crippen molar-refractivity contribution in [2.45, 2.75) is 24.4 Å². The normalized spacial score (nSPS) is 25.0. The first-order valence-electron chi connectivity index (χ1n) is 8.07. The van der Waals surface area contributed by atoms with Crippen LogP contribution in [0.25, 0.3) is 0 Å². The molecule has 1 saturated heterocycles. The van der Waals surface area contributed by atoms with Gasteiger partial charge in [-0.3, -0.25) is 4.79 Å². The lowest BCUT2D eigenvalue weighted by molar-refractivity contribution is -0.137. The standard InChI is InChI=1S/C16H19F3N2O3S/c1-11-9-14(11)15(22)20-5-7-21(8-6-20)25(23,24)13-4-2-3-12(10-13)16(17,18)19/h2-4,10-11,14H,5-9H2,1H3/t11-,14-/m1/s1. The fourth-order valence-corrected chi connectivity index (χ4v) is 4.50. The molecule has 9 heteroatoms. The van der Waals surface area contributed by atoms with Crippen LogP contribution in [0.2, 0.25) is 0 Å². The molecule has 1 aromatic carbocycles. The smallest absolute Gasteiger partial charge is 0.340 e. The van der Waals surface area contributed by atoms with E-state index in [-0.39, 0.29) is 42.9 Å². The van der Waals surface area contributed by atoms with E-state index in [9.17, 15) is 26.4 Å². The summed E-state index contributed by atoms with van der Waals surface area (Å²) in [5.41, 5.74) is -0.995. The fraction of sp³-hybridized carbons (Fsp3) is 0.562. The second-order valence-corrected chi connectivity index (χ2v) is 8.51. The molecule has 0 N–H and O–H groups in total. The van der Waals surface area contributed by atoms with E-state index < -0.39 is 21.8 Å². The van der Waals surface area contributed by atoms with E-state index >= 15 is 0 Å². The minimum absolute atomic E-state index is 0.0339. The largest absolute Gasteiger partial charge is 0.416 e. The van der Waals surface area contributed by atoms with Gasteiger partial charge in [0.2, 0.25) is 15.9 Å². The van der Waals surface area contributed by atoms with Crippen LogP contribution in [0, 0.1) is 11.8 Å². The van der Waals surface area contributed by atoms with E-state index in [1.807, 2.05) is 6.92 Å². The molecule has 1 aromatic rings. The lowest BCUT2D eigenvalue weighted by Crippen LogP contribution is -2.51. The molecule has 0 aromatic heterocycles. The number of carbonyl (C=O) groups is 1. The number of rotatable bonds is 3. The van der Waals surface area contributed by atoms with Gasteiger partial charge in [-0.15, -0.1) is 0 Å². The number of hydrogen-bond acceptors (Lipinski definition) is 3. The molecule has 1 saturated carbocycles. The zero-order chi connectivity index (χ0) is 18.4. The van der Waals surface area contributed by atoms with Crippen molar-refractivity contribution in [3.05, 3.63) is 29.8 Å². The zero-order valence-corrected chi connectivity index (χ0v) is 14.5. The molecule has 2 atom stereocenters. The number of carbonyl (C=O) groups excluding carboxylic acids is 1. The van der Waals surface area contributed by atoms with Gasteiger partial charge < -0.3 is 4.90 Å². The van der Waals surface area contributed by atoms with E-state index in [1.54, 1.807) is 4.90 Å². The summed E-state index contributed by atoms with van der Waals surface area (Å²) in [5.74, 6) is 0.453. The highest BCUT2D eigenvalue weighted by atomic mass is 32.2. The molecule has 1 aliphatic carbocycles. The van der Waals surface area contributed by atoms with Crippen LogP contribution in [0.15, 0.2) is 29.2 Å². The molecular weight excluding hydrogens is 357 g/mol. The van der Waals surface area contributed by atoms with Crippen molar-refractivity contribution in [2.75, 3.05) is 26.2 Å². The maximum absolute atomic E-state index is 12.8. The third-order valence-electron chi connectivity index (χ3n) is 4.78. The second kappa shape index (κ2) is 6.28. The lowest BCUT2D eigenvalue weighted by Gasteiger charge is -2.34. The van der Waals surface area contributed by atoms with Crippen LogP contribution in [0.1, 0.15) is 18.9 Å². The predicted molar refractivity (Wildman–Crippen MR) is 84.1 cm³/mol. The second-order valence-electron chi connectivity index (χ2n) is 6.57. The van der Waals surface area contributed by atoms with Crippen LogP contribution in [0.5, 0.6) is 0 Å². The van der Waals surface area contributed by atoms with Crippen LogP contribution in [0.4, 0.5) is 13.2 Å². The Hall–Kier alpha value is -1.61. The third kappa shape index (κ3) is 3.67. The summed E-state index contributed by atoms with van der Waals surface area (Å²) in [6.07, 6.45) is -3.74. The quantitative estimate of drug-likeness (QED) is 0.813. The topological polar surface area (TPSA) is 57.7 Å². The van der Waals surface area contributed by atoms with Gasteiger partial charge >= 0.3 is 6.18 Å². The molecule has 2 fully saturated rings. The van der Waals surface area contributed by atoms with Gasteiger partial charge in [0.1, 0.15) is 0 Å². The number of nitrogens with zero attached hydrogens (tertiary/aromatic N) is 2. The number of piperazine rings is 1. The average Bonchev–Trinajstić information content (AvgIpc) is 3.30. The van der Waals surface area contributed by atoms with Gasteiger partial charge in [-0.1, -0.05) is 13.0 Å². The summed E-state index contributed by atoms with van der Waals surface area (Å²) < 4.78 is 64.7. The molecule has 25 heavy (non-hydrogen) atoms. The van der Waals surface area contributed by atoms with E-state index in [2.05, 4.69) is 0 Å². The van der Waals surface area contributed by atoms with Crippen LogP contribution in [-0.2, 0) is 21.0 Å². The van der Waals surface area contributed by atoms with Gasteiger partial charge in [0.05, 0.1) is 10.5 Å². The molecule has 0 bridgehead atoms. The minimum atomic E-state index is -4.60. The Balaban J connectivity index is 1.71. The van der Waals surface area contributed by atoms with Crippen LogP contribution in [-0.4, -0.2) is 49.7 Å². The predicted octanol–water partition coefficient (Wildman–Crippen LogP) is 2.19. The van der Waals surface area contributed by atoms with Crippen molar-refractivity contribution in [1.82, 2.24) is 9.21 Å². The molecular formula is C16H19F3N2O3S. The van der Waals surface area contributed by atoms with Crippen molar-refractivity contribution in [2.24, 2.45) is 11.8 Å². The van der Waals surface area contributed by atoms with E-state index in [0.717, 1.165) is 28.9 Å². The Morgan fingerprint density at radius 3 is 2.28 bits per heavy atom. The Morgan fingerprint density at radius 1 is 1.16 bits per heavy atom. The van der Waals surface area contributed by atoms with E-state index in [0.29, 0.717) is 12.0 Å². The molecule has 0 spiro atoms. The first-order valence-corrected chi connectivity index (χ1v) is 9.51. The van der Waals surface area contributed by atoms with E-state index in [4.69, 9.17) is 0 Å². The Kier molecular flexibility index (Phi) is 4.57. The van der Waals surface area contributed by atoms with Gasteiger partial charge in [-0.25, -0.2) is 8.42 Å². The monoisotopic (exact) mass is 376 g/mol. The number of alkyl halides is 3. The Labute approximate surface area is 144 Å². The van der Waals surface area contributed by atoms with Gasteiger partial charge in [0, 0.05) is 32.1 Å². The summed E-state index contributed by atoms with van der Waals surface area (Å²) in [4.78, 5) is 13.5. The third-order valence-corrected chi connectivity index (χ3v) is 6.67. The summed E-state index contributed by atoms with van der Waals surface area (Å²) in [7, 11) is -4.01. The first kappa shape index (κ1) is 18.2. The number of benzene rings is 1. The highest BCUT2D eigenvalue weighted by Gasteiger charge is 2.42. The van der Waals surface area contributed by atoms with Crippen molar-refractivity contribution < 1.29 is 26.4 Å². The van der Waals surface area contributed by atoms with Crippen LogP contribution < -0.4 is 0 Å². The highest BCUT2D eigenvalue weighted by molar-refractivity contribution is 7.89. The maximum atomic E-state index is 12.8. The first-order chi connectivity index (χ1) is 11.6. The van der Waals surface area contributed by atoms with Crippen molar-refractivity contribution in [3.8, 4) is 0 Å². The molecule has 1 heterocycles. The number of hydrogen-bond donors (Lipinski definition) is 0. The average molecular weight is 376 g/mol. The summed E-state index contributed by atoms with van der Waals surface area (Å²) in [6, 6.07) is 3.74. The SMILES string of the molecule is C[C@@H]1C[C@H]1C(=O)N1CCN(S(=O)(=O)c2cccc(C(F)(F)F)c2)CC1. The van der Waals surface area contributed by atoms with Crippen LogP contribution in [0.3, 0.4) is 0 Å². The Bertz CT molecular complexity index is 771. The van der Waals surface area contributed by atoms with Gasteiger partial charge in [0.25, 0.3) is 0 Å². The van der Waals surface area contributed by atoms with Crippen molar-refractivity contribution in [3.63, 3.8) is 0 Å². The number of sulfonamides is 1. The van der Waals surface area contributed by atoms with Gasteiger partial charge in [-0.05, 0) is 30.5 Å². The Morgan fingerprint density at radius 2 is 1.76 bits per heavy atom. The summed E-state index contributed by atoms with van der Waals surface area (Å²) >= 11 is 0. The number of amides is 1. The molecule has 3 rings (SSSR count). The van der Waals surface area contributed by atoms with Gasteiger partial charge in [0.15, 0.2) is 0 Å². The van der Waals surface area contributed by atoms with Gasteiger partial charge in [-0.2, -0.15) is 17.5 Å². The molecule has 2 aliphatic rings. The number of halogens is 3. The minimum Gasteiger partial charge on any atom is -0.340 e. The molecule has 138 valence electrons. The summed E-state index contributed by atoms with van der Waals surface area (Å²) in [5, 5.41) is 0. The molecule has 1 aliphatic heterocycles. The van der Waals surface area contributed by atoms with Crippen LogP contribution >= 0.6 is 0 Å². The van der Waals surface area contributed by atoms with Crippen molar-refractivity contribution >= 4 is 15.9 Å². The lowest BCUT2D eigenvalue weighted by atomic mass is 10.2.